The largest absolute Gasteiger partial charge is 0.339 e. The fourth-order valence-corrected chi connectivity index (χ4v) is 4.12. The molecule has 1 amide bonds. The van der Waals surface area contributed by atoms with Gasteiger partial charge in [-0.15, -0.1) is 0 Å². The molecule has 1 aromatic heterocycles. The van der Waals surface area contributed by atoms with Crippen LogP contribution in [0.2, 0.25) is 0 Å². The van der Waals surface area contributed by atoms with Gasteiger partial charge in [0.15, 0.2) is 5.82 Å². The van der Waals surface area contributed by atoms with E-state index in [4.69, 9.17) is 4.52 Å². The first kappa shape index (κ1) is 18.2. The lowest BCUT2D eigenvalue weighted by Gasteiger charge is -2.31. The van der Waals surface area contributed by atoms with Gasteiger partial charge in [-0.1, -0.05) is 37.2 Å². The Morgan fingerprint density at radius 2 is 1.96 bits per heavy atom. The number of aromatic nitrogens is 2. The van der Waals surface area contributed by atoms with E-state index in [0.717, 1.165) is 62.7 Å². The Morgan fingerprint density at radius 1 is 1.19 bits per heavy atom. The van der Waals surface area contributed by atoms with E-state index in [1.165, 1.54) is 5.56 Å². The van der Waals surface area contributed by atoms with E-state index in [-0.39, 0.29) is 17.7 Å². The molecule has 2 aliphatic rings. The fraction of sp³-hybridized carbons (Fsp3) is 0.571. The summed E-state index contributed by atoms with van der Waals surface area (Å²) in [5, 5.41) is 7.48. The fourth-order valence-electron chi connectivity index (χ4n) is 4.12. The molecular weight excluding hydrogens is 340 g/mol. The third kappa shape index (κ3) is 3.76. The summed E-state index contributed by atoms with van der Waals surface area (Å²) < 4.78 is 5.46. The summed E-state index contributed by atoms with van der Waals surface area (Å²) in [6, 6.07) is 8.11. The molecule has 1 aromatic carbocycles. The molecule has 4 rings (SSSR count). The minimum absolute atomic E-state index is 0.157. The Labute approximate surface area is 160 Å². The first-order chi connectivity index (χ1) is 13.1. The second-order valence-corrected chi connectivity index (χ2v) is 7.99. The number of benzene rings is 1. The average Bonchev–Trinajstić information content (AvgIpc) is 3.40. The lowest BCUT2D eigenvalue weighted by molar-refractivity contribution is 0.0703. The third-order valence-corrected chi connectivity index (χ3v) is 5.80. The average molecular weight is 368 g/mol. The van der Waals surface area contributed by atoms with Crippen molar-refractivity contribution in [1.29, 1.82) is 0 Å². The van der Waals surface area contributed by atoms with Gasteiger partial charge in [0.25, 0.3) is 5.91 Å². The van der Waals surface area contributed by atoms with Crippen LogP contribution in [-0.4, -0.2) is 47.1 Å². The Bertz CT molecular complexity index is 787. The van der Waals surface area contributed by atoms with Gasteiger partial charge in [-0.3, -0.25) is 4.79 Å². The molecule has 0 saturated carbocycles. The number of rotatable bonds is 4. The van der Waals surface area contributed by atoms with Crippen LogP contribution in [-0.2, 0) is 0 Å². The number of nitrogens with one attached hydrogen (secondary N) is 1. The van der Waals surface area contributed by atoms with Crippen LogP contribution in [0, 0.1) is 0 Å². The predicted molar refractivity (Wildman–Crippen MR) is 103 cm³/mol. The molecule has 0 unspecified atom stereocenters. The molecule has 0 aliphatic carbocycles. The van der Waals surface area contributed by atoms with Crippen LogP contribution in [0.4, 0.5) is 0 Å². The van der Waals surface area contributed by atoms with E-state index in [2.05, 4.69) is 35.4 Å². The lowest BCUT2D eigenvalue weighted by Crippen LogP contribution is -2.38. The van der Waals surface area contributed by atoms with Gasteiger partial charge in [0, 0.05) is 37.0 Å². The van der Waals surface area contributed by atoms with Crippen molar-refractivity contribution in [2.45, 2.75) is 50.9 Å². The van der Waals surface area contributed by atoms with Crippen LogP contribution in [0.1, 0.15) is 78.5 Å². The highest BCUT2D eigenvalue weighted by Gasteiger charge is 2.30. The Kier molecular flexibility index (Phi) is 5.25. The number of amides is 1. The van der Waals surface area contributed by atoms with Gasteiger partial charge in [-0.25, -0.2) is 0 Å². The number of carbonyl (C=O) groups is 1. The van der Waals surface area contributed by atoms with Crippen molar-refractivity contribution in [1.82, 2.24) is 20.4 Å². The monoisotopic (exact) mass is 368 g/mol. The standard InChI is InChI=1S/C21H28N4O2/c1-14(2)19-23-20(27-24-19)15-8-11-25(12-9-15)21(26)18-6-4-3-5-17(18)16-7-10-22-13-16/h3-6,14-16,22H,7-13H2,1-2H3/t16-/m0/s1. The molecule has 144 valence electrons. The zero-order chi connectivity index (χ0) is 18.8. The van der Waals surface area contributed by atoms with E-state index in [9.17, 15) is 4.79 Å². The maximum absolute atomic E-state index is 13.2. The van der Waals surface area contributed by atoms with Gasteiger partial charge >= 0.3 is 0 Å². The van der Waals surface area contributed by atoms with Crippen LogP contribution in [0.3, 0.4) is 0 Å². The molecular formula is C21H28N4O2. The molecule has 2 aromatic rings. The topological polar surface area (TPSA) is 71.3 Å². The highest BCUT2D eigenvalue weighted by Crippen LogP contribution is 2.30. The van der Waals surface area contributed by atoms with E-state index in [1.807, 2.05) is 23.1 Å². The zero-order valence-corrected chi connectivity index (χ0v) is 16.1. The Balaban J connectivity index is 1.43. The summed E-state index contributed by atoms with van der Waals surface area (Å²) in [7, 11) is 0. The SMILES string of the molecule is CC(C)c1noc(C2CCN(C(=O)c3ccccc3[C@H]3CCNC3)CC2)n1. The summed E-state index contributed by atoms with van der Waals surface area (Å²) in [6.45, 7) is 7.59. The molecule has 2 aliphatic heterocycles. The van der Waals surface area contributed by atoms with Crippen LogP contribution < -0.4 is 5.32 Å². The van der Waals surface area contributed by atoms with Crippen molar-refractivity contribution in [3.63, 3.8) is 0 Å². The van der Waals surface area contributed by atoms with Gasteiger partial charge in [0.1, 0.15) is 0 Å². The number of piperidine rings is 1. The highest BCUT2D eigenvalue weighted by molar-refractivity contribution is 5.96. The van der Waals surface area contributed by atoms with E-state index < -0.39 is 0 Å². The second-order valence-electron chi connectivity index (χ2n) is 7.99. The van der Waals surface area contributed by atoms with E-state index in [1.54, 1.807) is 0 Å². The Morgan fingerprint density at radius 3 is 2.63 bits per heavy atom. The lowest BCUT2D eigenvalue weighted by atomic mass is 9.91. The van der Waals surface area contributed by atoms with Crippen molar-refractivity contribution in [3.8, 4) is 0 Å². The van der Waals surface area contributed by atoms with Crippen molar-refractivity contribution in [2.75, 3.05) is 26.2 Å². The van der Waals surface area contributed by atoms with Crippen molar-refractivity contribution in [2.24, 2.45) is 0 Å². The molecule has 3 heterocycles. The third-order valence-electron chi connectivity index (χ3n) is 5.80. The van der Waals surface area contributed by atoms with Gasteiger partial charge in [0.05, 0.1) is 0 Å². The van der Waals surface area contributed by atoms with Crippen LogP contribution in [0.5, 0.6) is 0 Å². The molecule has 1 atom stereocenters. The maximum atomic E-state index is 13.2. The summed E-state index contributed by atoms with van der Waals surface area (Å²) in [5.41, 5.74) is 2.05. The molecule has 2 fully saturated rings. The number of likely N-dealkylation sites (tertiary alicyclic amines) is 1. The highest BCUT2D eigenvalue weighted by atomic mass is 16.5. The number of nitrogens with zero attached hydrogens (tertiary/aromatic N) is 3. The molecule has 2 saturated heterocycles. The van der Waals surface area contributed by atoms with Crippen LogP contribution in [0.15, 0.2) is 28.8 Å². The number of hydrogen-bond acceptors (Lipinski definition) is 5. The molecule has 1 N–H and O–H groups in total. The number of hydrogen-bond donors (Lipinski definition) is 1. The predicted octanol–water partition coefficient (Wildman–Crippen LogP) is 3.29. The summed E-state index contributed by atoms with van der Waals surface area (Å²) >= 11 is 0. The number of carbonyl (C=O) groups excluding carboxylic acids is 1. The molecule has 0 bridgehead atoms. The van der Waals surface area contributed by atoms with Crippen LogP contribution in [0.25, 0.3) is 0 Å². The minimum atomic E-state index is 0.157. The summed E-state index contributed by atoms with van der Waals surface area (Å²) in [5.74, 6) is 2.61. The van der Waals surface area contributed by atoms with Crippen molar-refractivity contribution >= 4 is 5.91 Å². The zero-order valence-electron chi connectivity index (χ0n) is 16.1. The maximum Gasteiger partial charge on any atom is 0.254 e. The first-order valence-corrected chi connectivity index (χ1v) is 10.1. The van der Waals surface area contributed by atoms with E-state index >= 15 is 0 Å². The normalized spacial score (nSPS) is 21.1. The molecule has 27 heavy (non-hydrogen) atoms. The molecule has 0 radical (unpaired) electrons. The summed E-state index contributed by atoms with van der Waals surface area (Å²) in [6.07, 6.45) is 2.85. The first-order valence-electron chi connectivity index (χ1n) is 10.1. The van der Waals surface area contributed by atoms with Crippen molar-refractivity contribution in [3.05, 3.63) is 47.1 Å². The minimum Gasteiger partial charge on any atom is -0.339 e. The second kappa shape index (κ2) is 7.80. The van der Waals surface area contributed by atoms with Crippen molar-refractivity contribution < 1.29 is 9.32 Å². The summed E-state index contributed by atoms with van der Waals surface area (Å²) in [4.78, 5) is 19.7. The van der Waals surface area contributed by atoms with Gasteiger partial charge in [-0.2, -0.15) is 4.98 Å². The van der Waals surface area contributed by atoms with Gasteiger partial charge in [-0.05, 0) is 43.4 Å². The quantitative estimate of drug-likeness (QED) is 0.897. The van der Waals surface area contributed by atoms with Crippen LogP contribution >= 0.6 is 0 Å². The smallest absolute Gasteiger partial charge is 0.254 e. The molecule has 6 nitrogen and oxygen atoms in total. The Hall–Kier alpha value is -2.21. The van der Waals surface area contributed by atoms with E-state index in [0.29, 0.717) is 5.92 Å². The molecule has 6 heteroatoms. The van der Waals surface area contributed by atoms with Gasteiger partial charge < -0.3 is 14.7 Å². The molecule has 0 spiro atoms. The van der Waals surface area contributed by atoms with Gasteiger partial charge in [0.2, 0.25) is 5.89 Å².